The van der Waals surface area contributed by atoms with Gasteiger partial charge in [0.2, 0.25) is 11.6 Å². The summed E-state index contributed by atoms with van der Waals surface area (Å²) in [4.78, 5) is 30.3. The Bertz CT molecular complexity index is 1410. The van der Waals surface area contributed by atoms with E-state index in [9.17, 15) is 9.59 Å². The monoisotopic (exact) mass is 500 g/mol. The summed E-state index contributed by atoms with van der Waals surface area (Å²) < 4.78 is 8.76. The van der Waals surface area contributed by atoms with Crippen LogP contribution < -0.4 is 15.2 Å². The number of carbonyl (C=O) groups is 1. The number of hydrogen-bond donors (Lipinski definition) is 0. The van der Waals surface area contributed by atoms with Crippen molar-refractivity contribution < 1.29 is 9.53 Å². The zero-order valence-electron chi connectivity index (χ0n) is 21.3. The number of amides is 1. The SMILES string of the molecule is CCOc1ccc(-n2ccn3c(C[C@@H](C)CC(=O)N4CCN(c5ccccc5)CC4)nnc3c2=O)cc1. The van der Waals surface area contributed by atoms with Gasteiger partial charge in [-0.2, -0.15) is 0 Å². The number of fused-ring (bicyclic) bond motifs is 1. The zero-order chi connectivity index (χ0) is 25.8. The molecule has 0 bridgehead atoms. The highest BCUT2D eigenvalue weighted by Crippen LogP contribution is 2.18. The van der Waals surface area contributed by atoms with E-state index in [0.717, 1.165) is 37.6 Å². The molecule has 2 aromatic carbocycles. The van der Waals surface area contributed by atoms with E-state index in [-0.39, 0.29) is 23.0 Å². The van der Waals surface area contributed by atoms with Crippen molar-refractivity contribution >= 4 is 17.2 Å². The molecule has 0 unspecified atom stereocenters. The fourth-order valence-electron chi connectivity index (χ4n) is 4.81. The molecule has 0 spiro atoms. The van der Waals surface area contributed by atoms with Crippen molar-refractivity contribution in [1.29, 1.82) is 0 Å². The van der Waals surface area contributed by atoms with Crippen molar-refractivity contribution in [2.45, 2.75) is 26.7 Å². The highest BCUT2D eigenvalue weighted by atomic mass is 16.5. The van der Waals surface area contributed by atoms with Crippen LogP contribution in [-0.4, -0.2) is 62.8 Å². The van der Waals surface area contributed by atoms with Crippen LogP contribution in [0, 0.1) is 5.92 Å². The number of nitrogens with zero attached hydrogens (tertiary/aromatic N) is 6. The molecule has 1 amide bonds. The molecule has 9 heteroatoms. The van der Waals surface area contributed by atoms with Gasteiger partial charge in [-0.3, -0.25) is 18.6 Å². The second kappa shape index (κ2) is 10.9. The molecule has 1 aliphatic rings. The smallest absolute Gasteiger partial charge is 0.300 e. The van der Waals surface area contributed by atoms with Gasteiger partial charge in [-0.25, -0.2) is 0 Å². The number of piperazine rings is 1. The predicted molar refractivity (Wildman–Crippen MR) is 142 cm³/mol. The lowest BCUT2D eigenvalue weighted by molar-refractivity contribution is -0.132. The largest absolute Gasteiger partial charge is 0.494 e. The Kier molecular flexibility index (Phi) is 7.20. The molecule has 37 heavy (non-hydrogen) atoms. The van der Waals surface area contributed by atoms with Crippen LogP contribution in [0.3, 0.4) is 0 Å². The van der Waals surface area contributed by atoms with Crippen LogP contribution in [0.5, 0.6) is 5.75 Å². The topological polar surface area (TPSA) is 85.0 Å². The molecule has 5 rings (SSSR count). The molecule has 192 valence electrons. The molecule has 4 aromatic rings. The Labute approximate surface area is 215 Å². The summed E-state index contributed by atoms with van der Waals surface area (Å²) in [7, 11) is 0. The Balaban J connectivity index is 1.21. The molecule has 3 heterocycles. The number of anilines is 1. The van der Waals surface area contributed by atoms with Crippen LogP contribution in [0.15, 0.2) is 71.8 Å². The average molecular weight is 501 g/mol. The standard InChI is InChI=1S/C28H32N6O3/c1-3-37-24-11-9-23(10-12-24)33-17-18-34-25(29-30-27(34)28(33)36)19-21(2)20-26(35)32-15-13-31(14-16-32)22-7-5-4-6-8-22/h4-12,17-18,21H,3,13-16,19-20H2,1-2H3/t21-/m1/s1. The predicted octanol–water partition coefficient (Wildman–Crippen LogP) is 3.20. The van der Waals surface area contributed by atoms with E-state index in [1.54, 1.807) is 21.4 Å². The van der Waals surface area contributed by atoms with Gasteiger partial charge >= 0.3 is 5.56 Å². The molecule has 1 aliphatic heterocycles. The maximum Gasteiger partial charge on any atom is 0.300 e. The quantitative estimate of drug-likeness (QED) is 0.369. The van der Waals surface area contributed by atoms with E-state index in [0.29, 0.717) is 25.3 Å². The van der Waals surface area contributed by atoms with Gasteiger partial charge in [-0.15, -0.1) is 10.2 Å². The van der Waals surface area contributed by atoms with E-state index in [1.807, 2.05) is 61.2 Å². The van der Waals surface area contributed by atoms with E-state index < -0.39 is 0 Å². The van der Waals surface area contributed by atoms with Crippen molar-refractivity contribution in [2.24, 2.45) is 5.92 Å². The Hall–Kier alpha value is -4.14. The van der Waals surface area contributed by atoms with Crippen molar-refractivity contribution in [2.75, 3.05) is 37.7 Å². The van der Waals surface area contributed by atoms with Crippen LogP contribution in [0.25, 0.3) is 11.3 Å². The molecule has 9 nitrogen and oxygen atoms in total. The third-order valence-electron chi connectivity index (χ3n) is 6.78. The summed E-state index contributed by atoms with van der Waals surface area (Å²) in [5, 5.41) is 8.45. The minimum atomic E-state index is -0.245. The summed E-state index contributed by atoms with van der Waals surface area (Å²) in [6.45, 7) is 7.67. The summed E-state index contributed by atoms with van der Waals surface area (Å²) in [5.41, 5.74) is 1.95. The third kappa shape index (κ3) is 5.35. The van der Waals surface area contributed by atoms with Crippen LogP contribution in [0.1, 0.15) is 26.1 Å². The zero-order valence-corrected chi connectivity index (χ0v) is 21.3. The maximum atomic E-state index is 13.1. The van der Waals surface area contributed by atoms with Crippen molar-refractivity contribution in [3.8, 4) is 11.4 Å². The molecule has 2 aromatic heterocycles. The summed E-state index contributed by atoms with van der Waals surface area (Å²) in [5.74, 6) is 1.67. The average Bonchev–Trinajstić information content (AvgIpc) is 3.33. The normalized spacial score (nSPS) is 14.6. The fourth-order valence-corrected chi connectivity index (χ4v) is 4.81. The maximum absolute atomic E-state index is 13.1. The van der Waals surface area contributed by atoms with E-state index >= 15 is 0 Å². The first kappa shape index (κ1) is 24.5. The van der Waals surface area contributed by atoms with Crippen molar-refractivity contribution in [3.05, 3.63) is 83.2 Å². The van der Waals surface area contributed by atoms with E-state index in [1.165, 1.54) is 5.69 Å². The van der Waals surface area contributed by atoms with Crippen molar-refractivity contribution in [1.82, 2.24) is 24.1 Å². The number of ether oxygens (including phenoxy) is 1. The number of hydrogen-bond acceptors (Lipinski definition) is 6. The molecule has 0 saturated carbocycles. The van der Waals surface area contributed by atoms with Gasteiger partial charge in [0.15, 0.2) is 0 Å². The van der Waals surface area contributed by atoms with Crippen LogP contribution in [0.4, 0.5) is 5.69 Å². The molecule has 0 radical (unpaired) electrons. The van der Waals surface area contributed by atoms with Crippen LogP contribution >= 0.6 is 0 Å². The Morgan fingerprint density at radius 2 is 1.68 bits per heavy atom. The lowest BCUT2D eigenvalue weighted by atomic mass is 10.0. The first-order chi connectivity index (χ1) is 18.0. The van der Waals surface area contributed by atoms with Gasteiger partial charge in [0.1, 0.15) is 11.6 Å². The Morgan fingerprint density at radius 3 is 2.38 bits per heavy atom. The lowest BCUT2D eigenvalue weighted by Crippen LogP contribution is -2.49. The first-order valence-corrected chi connectivity index (χ1v) is 12.8. The number of rotatable bonds is 8. The second-order valence-electron chi connectivity index (χ2n) is 9.43. The molecule has 1 saturated heterocycles. The van der Waals surface area contributed by atoms with Gasteiger partial charge in [-0.1, -0.05) is 25.1 Å². The summed E-state index contributed by atoms with van der Waals surface area (Å²) in [6, 6.07) is 17.7. The van der Waals surface area contributed by atoms with Gasteiger partial charge in [0.25, 0.3) is 0 Å². The number of benzene rings is 2. The van der Waals surface area contributed by atoms with Crippen LogP contribution in [0.2, 0.25) is 0 Å². The van der Waals surface area contributed by atoms with Gasteiger partial charge in [-0.05, 0) is 49.2 Å². The molecule has 1 atom stereocenters. The molecular weight excluding hydrogens is 468 g/mol. The lowest BCUT2D eigenvalue weighted by Gasteiger charge is -2.36. The van der Waals surface area contributed by atoms with E-state index in [2.05, 4.69) is 27.2 Å². The minimum Gasteiger partial charge on any atom is -0.494 e. The molecule has 1 fully saturated rings. The highest BCUT2D eigenvalue weighted by molar-refractivity contribution is 5.76. The number of para-hydroxylation sites is 1. The highest BCUT2D eigenvalue weighted by Gasteiger charge is 2.23. The van der Waals surface area contributed by atoms with E-state index in [4.69, 9.17) is 4.74 Å². The number of carbonyl (C=O) groups excluding carboxylic acids is 1. The first-order valence-electron chi connectivity index (χ1n) is 12.8. The summed E-state index contributed by atoms with van der Waals surface area (Å²) in [6.07, 6.45) is 4.52. The van der Waals surface area contributed by atoms with Crippen molar-refractivity contribution in [3.63, 3.8) is 0 Å². The number of aromatic nitrogens is 4. The fraction of sp³-hybridized carbons (Fsp3) is 0.357. The Morgan fingerprint density at radius 1 is 0.946 bits per heavy atom. The van der Waals surface area contributed by atoms with Gasteiger partial charge < -0.3 is 14.5 Å². The molecule has 0 N–H and O–H groups in total. The summed E-state index contributed by atoms with van der Waals surface area (Å²) >= 11 is 0. The molecule has 0 aliphatic carbocycles. The minimum absolute atomic E-state index is 0.0700. The molecular formula is C28H32N6O3. The van der Waals surface area contributed by atoms with Gasteiger partial charge in [0.05, 0.1) is 6.61 Å². The van der Waals surface area contributed by atoms with Gasteiger partial charge in [0, 0.05) is 62.8 Å². The second-order valence-corrected chi connectivity index (χ2v) is 9.43. The van der Waals surface area contributed by atoms with Crippen LogP contribution in [-0.2, 0) is 11.2 Å². The third-order valence-corrected chi connectivity index (χ3v) is 6.78.